The molecule has 0 aromatic heterocycles. The Kier molecular flexibility index (Phi) is 4.70. The summed E-state index contributed by atoms with van der Waals surface area (Å²) >= 11 is 1.98. The van der Waals surface area contributed by atoms with E-state index in [1.54, 1.807) is 0 Å². The lowest BCUT2D eigenvalue weighted by Crippen LogP contribution is -3.21. The van der Waals surface area contributed by atoms with Gasteiger partial charge in [0, 0.05) is 22.9 Å². The van der Waals surface area contributed by atoms with E-state index < -0.39 is 0 Å². The van der Waals surface area contributed by atoms with Crippen LogP contribution in [-0.4, -0.2) is 12.2 Å². The first-order chi connectivity index (χ1) is 4.48. The first kappa shape index (κ1) is 10.6. The summed E-state index contributed by atoms with van der Waals surface area (Å²) in [6.45, 7) is 6.18. The molecule has 0 amide bonds. The van der Waals surface area contributed by atoms with Gasteiger partial charge in [-0.15, -0.1) is 0 Å². The maximum absolute atomic E-state index is 11.1. The SMILES string of the molecule is CC(C)(C)[NH+]([O-])NCNI. The molecular formula is C5H14IN3O. The lowest BCUT2D eigenvalue weighted by atomic mass is 10.1. The fourth-order valence-corrected chi connectivity index (χ4v) is 0.570. The second-order valence-corrected chi connectivity index (χ2v) is 3.83. The van der Waals surface area contributed by atoms with Gasteiger partial charge in [-0.05, 0) is 20.8 Å². The maximum Gasteiger partial charge on any atom is 0.106 e. The molecular weight excluding hydrogens is 245 g/mol. The van der Waals surface area contributed by atoms with Crippen molar-refractivity contribution in [2.45, 2.75) is 26.3 Å². The van der Waals surface area contributed by atoms with Crippen LogP contribution in [0.4, 0.5) is 0 Å². The summed E-state index contributed by atoms with van der Waals surface area (Å²) in [4.78, 5) is 0. The second kappa shape index (κ2) is 4.45. The summed E-state index contributed by atoms with van der Waals surface area (Å²) in [5, 5.41) is 11.1. The van der Waals surface area contributed by atoms with E-state index in [4.69, 9.17) is 0 Å². The Balaban J connectivity index is 3.52. The van der Waals surface area contributed by atoms with Crippen LogP contribution in [0.3, 0.4) is 0 Å². The van der Waals surface area contributed by atoms with Gasteiger partial charge < -0.3 is 5.21 Å². The molecule has 0 spiro atoms. The number of hydrogen-bond acceptors (Lipinski definition) is 3. The third-order valence-corrected chi connectivity index (χ3v) is 1.38. The Morgan fingerprint density at radius 3 is 2.30 bits per heavy atom. The Hall–Kier alpha value is 0.570. The fourth-order valence-electron chi connectivity index (χ4n) is 0.379. The van der Waals surface area contributed by atoms with E-state index >= 15 is 0 Å². The Labute approximate surface area is 75.4 Å². The molecule has 5 heteroatoms. The van der Waals surface area contributed by atoms with Crippen LogP contribution in [-0.2, 0) is 0 Å². The first-order valence-electron chi connectivity index (χ1n) is 3.10. The van der Waals surface area contributed by atoms with Gasteiger partial charge in [0.1, 0.15) is 12.2 Å². The molecule has 0 aliphatic rings. The highest BCUT2D eigenvalue weighted by atomic mass is 127. The van der Waals surface area contributed by atoms with Crippen LogP contribution >= 0.6 is 22.9 Å². The average molecular weight is 259 g/mol. The van der Waals surface area contributed by atoms with Crippen LogP contribution in [0.25, 0.3) is 0 Å². The molecule has 0 fully saturated rings. The van der Waals surface area contributed by atoms with Crippen molar-refractivity contribution in [1.29, 1.82) is 0 Å². The van der Waals surface area contributed by atoms with Crippen LogP contribution in [0.1, 0.15) is 20.8 Å². The minimum atomic E-state index is -0.284. The monoisotopic (exact) mass is 259 g/mol. The molecule has 10 heavy (non-hydrogen) atoms. The zero-order valence-corrected chi connectivity index (χ0v) is 8.65. The van der Waals surface area contributed by atoms with Gasteiger partial charge in [-0.1, -0.05) is 0 Å². The van der Waals surface area contributed by atoms with Crippen molar-refractivity contribution in [2.75, 3.05) is 6.67 Å². The summed E-state index contributed by atoms with van der Waals surface area (Å²) < 4.78 is 2.81. The van der Waals surface area contributed by atoms with E-state index in [2.05, 4.69) is 8.96 Å². The van der Waals surface area contributed by atoms with Crippen molar-refractivity contribution in [3.63, 3.8) is 0 Å². The number of halogens is 1. The minimum absolute atomic E-state index is 0.0664. The van der Waals surface area contributed by atoms with Gasteiger partial charge in [-0.2, -0.15) is 5.43 Å². The van der Waals surface area contributed by atoms with Crippen molar-refractivity contribution in [2.24, 2.45) is 0 Å². The van der Waals surface area contributed by atoms with Crippen molar-refractivity contribution in [1.82, 2.24) is 8.96 Å². The Morgan fingerprint density at radius 2 is 2.00 bits per heavy atom. The van der Waals surface area contributed by atoms with E-state index in [1.807, 2.05) is 43.6 Å². The zero-order valence-electron chi connectivity index (χ0n) is 6.49. The number of hydroxylamine groups is 1. The van der Waals surface area contributed by atoms with Crippen LogP contribution in [0, 0.1) is 5.21 Å². The topological polar surface area (TPSA) is 51.6 Å². The number of rotatable bonds is 3. The Bertz CT molecular complexity index is 93.4. The summed E-state index contributed by atoms with van der Waals surface area (Å²) in [5.41, 5.74) is 2.43. The molecule has 0 aliphatic carbocycles. The number of nitrogens with one attached hydrogen (secondary N) is 3. The minimum Gasteiger partial charge on any atom is -0.613 e. The summed E-state index contributed by atoms with van der Waals surface area (Å²) in [6, 6.07) is 0. The predicted molar refractivity (Wildman–Crippen MR) is 49.2 cm³/mol. The van der Waals surface area contributed by atoms with Gasteiger partial charge in [-0.3, -0.25) is 5.17 Å². The summed E-state index contributed by atoms with van der Waals surface area (Å²) in [5.74, 6) is 0. The average Bonchev–Trinajstić information content (AvgIpc) is 1.80. The van der Waals surface area contributed by atoms with E-state index in [-0.39, 0.29) is 10.7 Å². The third kappa shape index (κ3) is 4.40. The standard InChI is InChI=1S/C5H14IN3O/c1-5(2,3)9(10)8-4-7-6/h7-9H,4H2,1-3H3. The van der Waals surface area contributed by atoms with Crippen molar-refractivity contribution in [3.05, 3.63) is 5.21 Å². The van der Waals surface area contributed by atoms with E-state index in [0.29, 0.717) is 6.67 Å². The first-order valence-corrected chi connectivity index (χ1v) is 4.18. The molecule has 0 aliphatic heterocycles. The molecule has 62 valence electrons. The lowest BCUT2D eigenvalue weighted by molar-refractivity contribution is -0.943. The third-order valence-electron chi connectivity index (χ3n) is 0.997. The van der Waals surface area contributed by atoms with Crippen LogP contribution in [0.15, 0.2) is 0 Å². The summed E-state index contributed by atoms with van der Waals surface area (Å²) in [7, 11) is 0. The Morgan fingerprint density at radius 1 is 1.50 bits per heavy atom. The highest BCUT2D eigenvalue weighted by Gasteiger charge is 2.16. The maximum atomic E-state index is 11.1. The van der Waals surface area contributed by atoms with Crippen molar-refractivity contribution < 1.29 is 5.17 Å². The van der Waals surface area contributed by atoms with Gasteiger partial charge >= 0.3 is 0 Å². The molecule has 3 N–H and O–H groups in total. The van der Waals surface area contributed by atoms with Crippen LogP contribution < -0.4 is 14.1 Å². The lowest BCUT2D eigenvalue weighted by Gasteiger charge is -2.34. The quantitative estimate of drug-likeness (QED) is 0.279. The van der Waals surface area contributed by atoms with Gasteiger partial charge in [-0.25, -0.2) is 3.53 Å². The molecule has 0 rings (SSSR count). The molecule has 0 saturated carbocycles. The molecule has 0 heterocycles. The van der Waals surface area contributed by atoms with E-state index in [9.17, 15) is 5.21 Å². The van der Waals surface area contributed by atoms with Crippen LogP contribution in [0.5, 0.6) is 0 Å². The van der Waals surface area contributed by atoms with Crippen molar-refractivity contribution in [3.8, 4) is 0 Å². The van der Waals surface area contributed by atoms with E-state index in [0.717, 1.165) is 0 Å². The molecule has 0 saturated heterocycles. The van der Waals surface area contributed by atoms with Gasteiger partial charge in [0.05, 0.1) is 0 Å². The van der Waals surface area contributed by atoms with Crippen LogP contribution in [0.2, 0.25) is 0 Å². The number of quaternary nitrogens is 1. The second-order valence-electron chi connectivity index (χ2n) is 3.07. The normalized spacial score (nSPS) is 15.3. The molecule has 0 bridgehead atoms. The van der Waals surface area contributed by atoms with E-state index in [1.165, 1.54) is 0 Å². The predicted octanol–water partition coefficient (Wildman–Crippen LogP) is -0.431. The zero-order chi connectivity index (χ0) is 8.20. The molecule has 0 aromatic rings. The highest BCUT2D eigenvalue weighted by molar-refractivity contribution is 14.1. The van der Waals surface area contributed by atoms with Gasteiger partial charge in [0.25, 0.3) is 0 Å². The highest BCUT2D eigenvalue weighted by Crippen LogP contribution is 1.89. The molecule has 0 aromatic carbocycles. The smallest absolute Gasteiger partial charge is 0.106 e. The molecule has 4 nitrogen and oxygen atoms in total. The van der Waals surface area contributed by atoms with Gasteiger partial charge in [0.15, 0.2) is 0 Å². The number of hydrogen-bond donors (Lipinski definition) is 3. The molecule has 1 unspecified atom stereocenters. The molecule has 0 radical (unpaired) electrons. The fraction of sp³-hybridized carbons (Fsp3) is 1.00. The van der Waals surface area contributed by atoms with Gasteiger partial charge in [0.2, 0.25) is 0 Å². The molecule has 1 atom stereocenters. The van der Waals surface area contributed by atoms with Crippen molar-refractivity contribution >= 4 is 22.9 Å². The summed E-state index contributed by atoms with van der Waals surface area (Å²) in [6.07, 6.45) is 0. The largest absolute Gasteiger partial charge is 0.613 e.